The average molecular weight is 501 g/mol. The van der Waals surface area contributed by atoms with Crippen molar-refractivity contribution in [1.29, 1.82) is 0 Å². The molecule has 0 radical (unpaired) electrons. The normalized spacial score (nSPS) is 15.4. The van der Waals surface area contributed by atoms with E-state index in [4.69, 9.17) is 23.2 Å². The van der Waals surface area contributed by atoms with E-state index in [0.717, 1.165) is 20.7 Å². The molecular formula is C28H18Cl2N2O3. The van der Waals surface area contributed by atoms with Gasteiger partial charge in [0.25, 0.3) is 11.8 Å². The first kappa shape index (κ1) is 22.8. The maximum atomic E-state index is 13.8. The van der Waals surface area contributed by atoms with Crippen molar-refractivity contribution in [2.45, 2.75) is 6.92 Å². The lowest BCUT2D eigenvalue weighted by Gasteiger charge is -2.34. The highest BCUT2D eigenvalue weighted by Gasteiger charge is 2.44. The number of rotatable bonds is 3. The summed E-state index contributed by atoms with van der Waals surface area (Å²) in [5.41, 5.74) is 1.86. The Bertz CT molecular complexity index is 1560. The molecule has 1 fully saturated rings. The van der Waals surface area contributed by atoms with Crippen LogP contribution >= 0.6 is 23.2 Å². The van der Waals surface area contributed by atoms with Crippen molar-refractivity contribution in [3.05, 3.63) is 112 Å². The highest BCUT2D eigenvalue weighted by Crippen LogP contribution is 2.34. The molecule has 5 nitrogen and oxygen atoms in total. The van der Waals surface area contributed by atoms with Crippen LogP contribution in [0.25, 0.3) is 16.8 Å². The second kappa shape index (κ2) is 9.02. The Kier molecular flexibility index (Phi) is 5.89. The van der Waals surface area contributed by atoms with Gasteiger partial charge < -0.3 is 0 Å². The molecular weight excluding hydrogens is 483 g/mol. The number of nitrogens with zero attached hydrogens (tertiary/aromatic N) is 2. The molecule has 0 bridgehead atoms. The highest BCUT2D eigenvalue weighted by molar-refractivity contribution is 6.47. The summed E-state index contributed by atoms with van der Waals surface area (Å²) in [4.78, 5) is 43.2. The average Bonchev–Trinajstić information content (AvgIpc) is 2.83. The van der Waals surface area contributed by atoms with Crippen LogP contribution in [0.2, 0.25) is 10.0 Å². The van der Waals surface area contributed by atoms with Crippen LogP contribution in [-0.4, -0.2) is 17.8 Å². The molecule has 1 aliphatic rings. The Morgan fingerprint density at radius 3 is 2.23 bits per heavy atom. The number of amides is 4. The van der Waals surface area contributed by atoms with E-state index in [9.17, 15) is 14.4 Å². The van der Waals surface area contributed by atoms with E-state index in [1.807, 2.05) is 43.3 Å². The van der Waals surface area contributed by atoms with E-state index in [1.54, 1.807) is 42.5 Å². The number of hydrogen-bond donors (Lipinski definition) is 0. The predicted octanol–water partition coefficient (Wildman–Crippen LogP) is 7.04. The van der Waals surface area contributed by atoms with Crippen molar-refractivity contribution in [3.63, 3.8) is 0 Å². The molecule has 0 unspecified atom stereocenters. The minimum Gasteiger partial charge on any atom is -0.268 e. The number of halogens is 2. The Morgan fingerprint density at radius 1 is 0.743 bits per heavy atom. The second-order valence-electron chi connectivity index (χ2n) is 8.12. The van der Waals surface area contributed by atoms with Gasteiger partial charge in [-0.15, -0.1) is 0 Å². The van der Waals surface area contributed by atoms with Gasteiger partial charge in [-0.05, 0) is 59.8 Å². The lowest BCUT2D eigenvalue weighted by molar-refractivity contribution is -0.121. The largest absolute Gasteiger partial charge is 0.343 e. The van der Waals surface area contributed by atoms with Crippen LogP contribution in [0.3, 0.4) is 0 Å². The van der Waals surface area contributed by atoms with Gasteiger partial charge in [-0.2, -0.15) is 0 Å². The number of aryl methyl sites for hydroxylation is 1. The minimum absolute atomic E-state index is 0.191. The quantitative estimate of drug-likeness (QED) is 0.224. The second-order valence-corrected chi connectivity index (χ2v) is 8.97. The number of carbonyl (C=O) groups excluding carboxylic acids is 3. The van der Waals surface area contributed by atoms with Gasteiger partial charge in [-0.1, -0.05) is 77.8 Å². The first-order chi connectivity index (χ1) is 16.8. The molecule has 0 aliphatic carbocycles. The van der Waals surface area contributed by atoms with E-state index < -0.39 is 17.8 Å². The van der Waals surface area contributed by atoms with Crippen molar-refractivity contribution < 1.29 is 14.4 Å². The van der Waals surface area contributed by atoms with Crippen LogP contribution in [-0.2, 0) is 9.59 Å². The third kappa shape index (κ3) is 4.09. The van der Waals surface area contributed by atoms with Gasteiger partial charge >= 0.3 is 6.03 Å². The predicted molar refractivity (Wildman–Crippen MR) is 140 cm³/mol. The summed E-state index contributed by atoms with van der Waals surface area (Å²) < 4.78 is 0. The van der Waals surface area contributed by atoms with Crippen molar-refractivity contribution in [2.75, 3.05) is 9.80 Å². The van der Waals surface area contributed by atoms with E-state index in [2.05, 4.69) is 0 Å². The highest BCUT2D eigenvalue weighted by atomic mass is 35.5. The molecule has 4 aromatic carbocycles. The Morgan fingerprint density at radius 2 is 1.46 bits per heavy atom. The summed E-state index contributed by atoms with van der Waals surface area (Å²) in [7, 11) is 0. The number of carbonyl (C=O) groups is 3. The van der Waals surface area contributed by atoms with Crippen LogP contribution in [0.5, 0.6) is 0 Å². The van der Waals surface area contributed by atoms with E-state index >= 15 is 0 Å². The number of barbiturate groups is 1. The van der Waals surface area contributed by atoms with Gasteiger partial charge in [0, 0.05) is 15.4 Å². The van der Waals surface area contributed by atoms with Gasteiger partial charge in [0.15, 0.2) is 0 Å². The van der Waals surface area contributed by atoms with Crippen molar-refractivity contribution >= 4 is 69.3 Å². The molecule has 1 heterocycles. The third-order valence-corrected chi connectivity index (χ3v) is 6.34. The number of imide groups is 2. The fraction of sp³-hybridized carbons (Fsp3) is 0.0357. The molecule has 1 saturated heterocycles. The fourth-order valence-electron chi connectivity index (χ4n) is 4.11. The zero-order chi connectivity index (χ0) is 24.7. The number of anilines is 2. The van der Waals surface area contributed by atoms with Crippen LogP contribution < -0.4 is 9.80 Å². The van der Waals surface area contributed by atoms with Crippen LogP contribution in [0.15, 0.2) is 90.5 Å². The van der Waals surface area contributed by atoms with Gasteiger partial charge in [0.1, 0.15) is 5.57 Å². The number of fused-ring (bicyclic) bond motifs is 1. The van der Waals surface area contributed by atoms with E-state index in [1.165, 1.54) is 12.1 Å². The monoisotopic (exact) mass is 500 g/mol. The maximum Gasteiger partial charge on any atom is 0.343 e. The number of hydrogen-bond acceptors (Lipinski definition) is 3. The summed E-state index contributed by atoms with van der Waals surface area (Å²) in [6, 6.07) is 23.8. The minimum atomic E-state index is -0.749. The molecule has 0 N–H and O–H groups in total. The van der Waals surface area contributed by atoms with Crippen molar-refractivity contribution in [3.8, 4) is 0 Å². The third-order valence-electron chi connectivity index (χ3n) is 5.78. The molecule has 0 aromatic heterocycles. The molecule has 1 aliphatic heterocycles. The molecule has 172 valence electrons. The van der Waals surface area contributed by atoms with Crippen LogP contribution in [0.4, 0.5) is 16.2 Å². The molecule has 4 aromatic rings. The molecule has 35 heavy (non-hydrogen) atoms. The topological polar surface area (TPSA) is 57.7 Å². The summed E-state index contributed by atoms with van der Waals surface area (Å²) in [6.07, 6.45) is 1.40. The van der Waals surface area contributed by atoms with Crippen molar-refractivity contribution in [1.82, 2.24) is 0 Å². The van der Waals surface area contributed by atoms with Crippen LogP contribution in [0.1, 0.15) is 11.1 Å². The summed E-state index contributed by atoms with van der Waals surface area (Å²) in [5.74, 6) is -1.46. The zero-order valence-corrected chi connectivity index (χ0v) is 20.0. The Hall–Kier alpha value is -3.93. The van der Waals surface area contributed by atoms with Crippen LogP contribution in [0, 0.1) is 6.92 Å². The summed E-state index contributed by atoms with van der Waals surface area (Å²) in [6.45, 7) is 1.86. The summed E-state index contributed by atoms with van der Waals surface area (Å²) >= 11 is 12.3. The van der Waals surface area contributed by atoms with Gasteiger partial charge in [-0.3, -0.25) is 9.59 Å². The number of benzene rings is 4. The van der Waals surface area contributed by atoms with Gasteiger partial charge in [-0.25, -0.2) is 14.6 Å². The maximum absolute atomic E-state index is 13.8. The lowest BCUT2D eigenvalue weighted by atomic mass is 10.0. The van der Waals surface area contributed by atoms with Crippen molar-refractivity contribution in [2.24, 2.45) is 0 Å². The first-order valence-electron chi connectivity index (χ1n) is 10.8. The molecule has 7 heteroatoms. The molecule has 4 amide bonds. The Balaban J connectivity index is 1.74. The lowest BCUT2D eigenvalue weighted by Crippen LogP contribution is -2.57. The smallest absolute Gasteiger partial charge is 0.268 e. The number of urea groups is 1. The Labute approximate surface area is 211 Å². The molecule has 0 saturated carbocycles. The van der Waals surface area contributed by atoms with Gasteiger partial charge in [0.05, 0.1) is 11.4 Å². The standard InChI is InChI=1S/C28H18Cl2N2O3/c1-17-6-4-9-21(14-17)31-26(33)23(15-19-12-13-20(29)16-24(19)30)27(34)32(28(31)35)25-11-5-8-18-7-2-3-10-22(18)25/h2-16H,1H3/b23-15+. The molecule has 5 rings (SSSR count). The SMILES string of the molecule is Cc1cccc(N2C(=O)/C(=C\c3ccc(Cl)cc3Cl)C(=O)N(c3cccc4ccccc34)C2=O)c1. The summed E-state index contributed by atoms with van der Waals surface area (Å²) in [5, 5.41) is 2.27. The zero-order valence-electron chi connectivity index (χ0n) is 18.5. The van der Waals surface area contributed by atoms with Gasteiger partial charge in [0.2, 0.25) is 0 Å². The van der Waals surface area contributed by atoms with E-state index in [-0.39, 0.29) is 10.6 Å². The molecule has 0 spiro atoms. The fourth-order valence-corrected chi connectivity index (χ4v) is 4.58. The van der Waals surface area contributed by atoms with E-state index in [0.29, 0.717) is 27.3 Å². The molecule has 0 atom stereocenters. The first-order valence-corrected chi connectivity index (χ1v) is 11.5.